The summed E-state index contributed by atoms with van der Waals surface area (Å²) in [7, 11) is -3.96. The number of anilines is 1. The Kier molecular flexibility index (Phi) is 5.78. The van der Waals surface area contributed by atoms with E-state index in [0.29, 0.717) is 29.8 Å². The van der Waals surface area contributed by atoms with Crippen molar-refractivity contribution in [1.29, 1.82) is 0 Å². The molecule has 4 N–H and O–H groups in total. The van der Waals surface area contributed by atoms with E-state index in [4.69, 9.17) is 26.9 Å². The number of rotatable bonds is 8. The van der Waals surface area contributed by atoms with Gasteiger partial charge in [-0.25, -0.2) is 9.87 Å². The number of aromatic nitrogens is 4. The van der Waals surface area contributed by atoms with Gasteiger partial charge in [0.25, 0.3) is 0 Å². The minimum absolute atomic E-state index is 0.0199. The van der Waals surface area contributed by atoms with Gasteiger partial charge < -0.3 is 15.6 Å². The van der Waals surface area contributed by atoms with Crippen LogP contribution in [-0.2, 0) is 20.5 Å². The van der Waals surface area contributed by atoms with Crippen LogP contribution in [0, 0.1) is 17.8 Å². The molecule has 11 heteroatoms. The molecule has 3 atom stereocenters. The second-order valence-electron chi connectivity index (χ2n) is 8.30. The van der Waals surface area contributed by atoms with Crippen LogP contribution in [0.2, 0.25) is 5.15 Å². The molecule has 1 fully saturated rings. The van der Waals surface area contributed by atoms with Gasteiger partial charge in [0, 0.05) is 6.42 Å². The Labute approximate surface area is 168 Å². The number of imidazole rings is 1. The number of halogens is 1. The number of aromatic amines is 1. The van der Waals surface area contributed by atoms with Crippen molar-refractivity contribution in [1.82, 2.24) is 19.9 Å². The standard InChI is InChI=1S/C17H27ClN5O4P/c1-8(2)13(9(3)4)28(24,25)27-26-17(6-10(17)5)7-11-20-12-14(18)22-16(19)23-15(12)21-11/h8-10,13H,6-7H2,1-5H3,(H,24,25)(H3,19,20,21,22,23)/t10-,17-/m0/s1. The summed E-state index contributed by atoms with van der Waals surface area (Å²) in [5, 5.41) is 0.188. The van der Waals surface area contributed by atoms with Crippen LogP contribution in [0.25, 0.3) is 11.2 Å². The molecular weight excluding hydrogens is 405 g/mol. The lowest BCUT2D eigenvalue weighted by Gasteiger charge is -2.29. The van der Waals surface area contributed by atoms with Gasteiger partial charge in [0.15, 0.2) is 10.8 Å². The molecule has 1 aliphatic carbocycles. The molecule has 0 amide bonds. The van der Waals surface area contributed by atoms with E-state index < -0.39 is 18.9 Å². The molecule has 9 nitrogen and oxygen atoms in total. The van der Waals surface area contributed by atoms with Crippen molar-refractivity contribution < 1.29 is 19.0 Å². The molecule has 1 saturated carbocycles. The number of hydrogen-bond acceptors (Lipinski definition) is 7. The normalized spacial score (nSPS) is 24.4. The number of H-pyrrole nitrogens is 1. The Hall–Kier alpha value is -1.25. The average Bonchev–Trinajstić information content (AvgIpc) is 2.97. The van der Waals surface area contributed by atoms with Crippen molar-refractivity contribution in [3.63, 3.8) is 0 Å². The van der Waals surface area contributed by atoms with E-state index >= 15 is 0 Å². The molecule has 0 aliphatic heterocycles. The van der Waals surface area contributed by atoms with Crippen LogP contribution in [0.1, 0.15) is 46.9 Å². The first kappa shape index (κ1) is 21.5. The Morgan fingerprint density at radius 2 is 1.93 bits per heavy atom. The lowest BCUT2D eigenvalue weighted by Crippen LogP contribution is -2.27. The van der Waals surface area contributed by atoms with Crippen molar-refractivity contribution in [3.8, 4) is 0 Å². The van der Waals surface area contributed by atoms with Gasteiger partial charge in [-0.2, -0.15) is 9.97 Å². The van der Waals surface area contributed by atoms with E-state index in [1.54, 1.807) is 0 Å². The lowest BCUT2D eigenvalue weighted by atomic mass is 10.00. The minimum Gasteiger partial charge on any atom is -0.368 e. The third kappa shape index (κ3) is 4.19. The maximum atomic E-state index is 12.8. The SMILES string of the molecule is CC(C)C(C(C)C)P(=O)(O)OO[C@]1(Cc2nc3nc(N)nc(Cl)c3[nH]2)C[C@@H]1C. The number of nitrogens with zero attached hydrogens (tertiary/aromatic N) is 3. The van der Waals surface area contributed by atoms with Gasteiger partial charge >= 0.3 is 7.60 Å². The first-order chi connectivity index (χ1) is 12.9. The Balaban J connectivity index is 1.76. The van der Waals surface area contributed by atoms with Gasteiger partial charge in [0.05, 0.1) is 5.66 Å². The molecule has 28 heavy (non-hydrogen) atoms. The average molecular weight is 432 g/mol. The van der Waals surface area contributed by atoms with E-state index in [-0.39, 0.29) is 28.9 Å². The molecular formula is C17H27ClN5O4P. The predicted molar refractivity (Wildman–Crippen MR) is 107 cm³/mol. The van der Waals surface area contributed by atoms with E-state index in [1.165, 1.54) is 0 Å². The Bertz CT molecular complexity index is 912. The summed E-state index contributed by atoms with van der Waals surface area (Å²) < 4.78 is 18.0. The van der Waals surface area contributed by atoms with Crippen LogP contribution in [0.4, 0.5) is 5.95 Å². The highest BCUT2D eigenvalue weighted by Gasteiger charge is 2.56. The number of nitrogen functional groups attached to an aromatic ring is 1. The van der Waals surface area contributed by atoms with Crippen LogP contribution < -0.4 is 5.73 Å². The third-order valence-corrected chi connectivity index (χ3v) is 7.79. The molecule has 0 spiro atoms. The second kappa shape index (κ2) is 7.54. The summed E-state index contributed by atoms with van der Waals surface area (Å²) in [6.07, 6.45) is 1.04. The van der Waals surface area contributed by atoms with Gasteiger partial charge in [-0.3, -0.25) is 4.57 Å². The van der Waals surface area contributed by atoms with Crippen LogP contribution in [0.3, 0.4) is 0 Å². The summed E-state index contributed by atoms with van der Waals surface area (Å²) in [6.45, 7) is 9.59. The zero-order chi connectivity index (χ0) is 20.9. The third-order valence-electron chi connectivity index (χ3n) is 5.28. The maximum Gasteiger partial charge on any atom is 0.359 e. The van der Waals surface area contributed by atoms with Crippen molar-refractivity contribution >= 4 is 36.3 Å². The number of nitrogens with two attached hydrogens (primary N) is 1. The monoisotopic (exact) mass is 431 g/mol. The van der Waals surface area contributed by atoms with Crippen LogP contribution in [0.5, 0.6) is 0 Å². The fourth-order valence-electron chi connectivity index (χ4n) is 3.85. The molecule has 2 aromatic rings. The molecule has 1 aliphatic rings. The fourth-order valence-corrected chi connectivity index (χ4v) is 5.93. The van der Waals surface area contributed by atoms with E-state index in [9.17, 15) is 9.46 Å². The molecule has 0 radical (unpaired) electrons. The maximum absolute atomic E-state index is 12.8. The summed E-state index contributed by atoms with van der Waals surface area (Å²) >= 11 is 6.08. The molecule has 0 bridgehead atoms. The first-order valence-corrected chi connectivity index (χ1v) is 11.3. The summed E-state index contributed by atoms with van der Waals surface area (Å²) in [5.74, 6) is 0.715. The van der Waals surface area contributed by atoms with Crippen molar-refractivity contribution in [2.75, 3.05) is 5.73 Å². The Morgan fingerprint density at radius 1 is 1.32 bits per heavy atom. The summed E-state index contributed by atoms with van der Waals surface area (Å²) in [4.78, 5) is 31.5. The highest BCUT2D eigenvalue weighted by molar-refractivity contribution is 7.53. The molecule has 0 saturated heterocycles. The summed E-state index contributed by atoms with van der Waals surface area (Å²) in [6, 6.07) is 0. The minimum atomic E-state index is -3.96. The molecule has 0 aromatic carbocycles. The van der Waals surface area contributed by atoms with Gasteiger partial charge in [-0.15, -0.1) is 4.67 Å². The van der Waals surface area contributed by atoms with E-state index in [1.807, 2.05) is 34.6 Å². The molecule has 3 rings (SSSR count). The van der Waals surface area contributed by atoms with Crippen molar-refractivity contribution in [2.45, 2.75) is 58.7 Å². The molecule has 156 valence electrons. The van der Waals surface area contributed by atoms with Crippen LogP contribution in [0.15, 0.2) is 0 Å². The smallest absolute Gasteiger partial charge is 0.359 e. The molecule has 2 heterocycles. The zero-order valence-corrected chi connectivity index (χ0v) is 18.3. The van der Waals surface area contributed by atoms with Gasteiger partial charge in [0.1, 0.15) is 16.9 Å². The molecule has 2 aromatic heterocycles. The first-order valence-electron chi connectivity index (χ1n) is 9.32. The van der Waals surface area contributed by atoms with Crippen LogP contribution >= 0.6 is 19.2 Å². The zero-order valence-electron chi connectivity index (χ0n) is 16.6. The largest absolute Gasteiger partial charge is 0.368 e. The lowest BCUT2D eigenvalue weighted by molar-refractivity contribution is -0.268. The summed E-state index contributed by atoms with van der Waals surface area (Å²) in [5.41, 5.74) is 5.22. The fraction of sp³-hybridized carbons (Fsp3) is 0.706. The Morgan fingerprint density at radius 3 is 2.46 bits per heavy atom. The number of hydrogen-bond donors (Lipinski definition) is 3. The van der Waals surface area contributed by atoms with Gasteiger partial charge in [-0.05, 0) is 24.2 Å². The van der Waals surface area contributed by atoms with E-state index in [2.05, 4.69) is 19.9 Å². The van der Waals surface area contributed by atoms with Crippen molar-refractivity contribution in [3.05, 3.63) is 11.0 Å². The second-order valence-corrected chi connectivity index (χ2v) is 10.5. The number of nitrogens with one attached hydrogen (secondary N) is 1. The highest BCUT2D eigenvalue weighted by atomic mass is 35.5. The quantitative estimate of drug-likeness (QED) is 0.249. The molecule has 1 unspecified atom stereocenters. The predicted octanol–water partition coefficient (Wildman–Crippen LogP) is 3.72. The van der Waals surface area contributed by atoms with E-state index in [0.717, 1.165) is 0 Å². The van der Waals surface area contributed by atoms with Crippen LogP contribution in [-0.4, -0.2) is 36.1 Å². The van der Waals surface area contributed by atoms with Gasteiger partial charge in [-0.1, -0.05) is 46.2 Å². The topological polar surface area (TPSA) is 136 Å². The highest BCUT2D eigenvalue weighted by Crippen LogP contribution is 2.57. The van der Waals surface area contributed by atoms with Crippen molar-refractivity contribution in [2.24, 2.45) is 17.8 Å². The van der Waals surface area contributed by atoms with Gasteiger partial charge in [0.2, 0.25) is 5.95 Å². The number of fused-ring (bicyclic) bond motifs is 1.